The van der Waals surface area contributed by atoms with Gasteiger partial charge in [-0.05, 0) is 36.5 Å². The molecule has 3 atom stereocenters. The highest BCUT2D eigenvalue weighted by Crippen LogP contribution is 2.29. The molecule has 30 heavy (non-hydrogen) atoms. The molecule has 8 nitrogen and oxygen atoms in total. The largest absolute Gasteiger partial charge is 0.507 e. The molecule has 3 unspecified atom stereocenters. The zero-order valence-corrected chi connectivity index (χ0v) is 18.9. The van der Waals surface area contributed by atoms with E-state index in [2.05, 4.69) is 19.2 Å². The Kier molecular flexibility index (Phi) is 8.25. The first kappa shape index (κ1) is 24.1. The summed E-state index contributed by atoms with van der Waals surface area (Å²) in [6.07, 6.45) is 3.06. The van der Waals surface area contributed by atoms with Crippen molar-refractivity contribution in [1.82, 2.24) is 9.62 Å². The first-order chi connectivity index (χ1) is 14.1. The first-order valence-electron chi connectivity index (χ1n) is 10.4. The molecule has 2 N–H and O–H groups in total. The number of nitrogens with one attached hydrogen (secondary N) is 1. The van der Waals surface area contributed by atoms with Crippen LogP contribution >= 0.6 is 0 Å². The summed E-state index contributed by atoms with van der Waals surface area (Å²) in [5.41, 5.74) is -0.296. The molecule has 0 radical (unpaired) electrons. The second-order valence-corrected chi connectivity index (χ2v) is 9.72. The molecule has 0 spiro atoms. The van der Waals surface area contributed by atoms with Crippen LogP contribution in [0.2, 0.25) is 0 Å². The van der Waals surface area contributed by atoms with E-state index in [4.69, 9.17) is 4.74 Å². The summed E-state index contributed by atoms with van der Waals surface area (Å²) in [6, 6.07) is 3.49. The normalized spacial score (nSPS) is 22.0. The summed E-state index contributed by atoms with van der Waals surface area (Å²) in [6.45, 7) is 7.73. The number of hydrogen-bond acceptors (Lipinski definition) is 6. The van der Waals surface area contributed by atoms with E-state index in [1.807, 2.05) is 0 Å². The zero-order chi connectivity index (χ0) is 22.5. The SMILES string of the molecule is CCN(CC)S(=O)(=O)c1ccc(O)c(C(=O)OCC(=O)NC2CCCC(C)C2C)c1. The molecule has 168 valence electrons. The average molecular weight is 441 g/mol. The number of ether oxygens (including phenoxy) is 1. The maximum absolute atomic E-state index is 12.7. The van der Waals surface area contributed by atoms with E-state index >= 15 is 0 Å². The minimum absolute atomic E-state index is 0.0379. The Hall–Kier alpha value is -2.13. The second kappa shape index (κ2) is 10.3. The van der Waals surface area contributed by atoms with Crippen molar-refractivity contribution in [2.75, 3.05) is 19.7 Å². The molecule has 2 rings (SSSR count). The lowest BCUT2D eigenvalue weighted by Crippen LogP contribution is -2.45. The number of aromatic hydroxyl groups is 1. The second-order valence-electron chi connectivity index (χ2n) is 7.79. The van der Waals surface area contributed by atoms with Gasteiger partial charge in [-0.25, -0.2) is 13.2 Å². The van der Waals surface area contributed by atoms with E-state index in [-0.39, 0.29) is 29.6 Å². The van der Waals surface area contributed by atoms with E-state index in [1.165, 1.54) is 10.4 Å². The number of phenols is 1. The van der Waals surface area contributed by atoms with Gasteiger partial charge in [-0.15, -0.1) is 0 Å². The minimum Gasteiger partial charge on any atom is -0.507 e. The van der Waals surface area contributed by atoms with Gasteiger partial charge in [0.15, 0.2) is 6.61 Å². The van der Waals surface area contributed by atoms with Gasteiger partial charge in [-0.1, -0.05) is 40.5 Å². The molecule has 1 fully saturated rings. The van der Waals surface area contributed by atoms with Crippen LogP contribution in [0.5, 0.6) is 5.75 Å². The fourth-order valence-corrected chi connectivity index (χ4v) is 5.28. The van der Waals surface area contributed by atoms with E-state index in [0.29, 0.717) is 11.8 Å². The standard InChI is InChI=1S/C21H32N2O6S/c1-5-23(6-2)30(27,28)16-10-11-19(24)17(12-16)21(26)29-13-20(25)22-18-9-7-8-14(3)15(18)4/h10-12,14-15,18,24H,5-9,13H2,1-4H3,(H,22,25). The van der Waals surface area contributed by atoms with Crippen LogP contribution in [0.3, 0.4) is 0 Å². The molecule has 1 amide bonds. The Labute approximate surface area is 178 Å². The van der Waals surface area contributed by atoms with Crippen molar-refractivity contribution in [3.63, 3.8) is 0 Å². The van der Waals surface area contributed by atoms with Gasteiger partial charge in [0.25, 0.3) is 5.91 Å². The number of nitrogens with zero attached hydrogens (tertiary/aromatic N) is 1. The number of hydrogen-bond donors (Lipinski definition) is 2. The molecule has 0 bridgehead atoms. The topological polar surface area (TPSA) is 113 Å². The fourth-order valence-electron chi connectivity index (χ4n) is 3.79. The van der Waals surface area contributed by atoms with Gasteiger partial charge in [0, 0.05) is 19.1 Å². The maximum Gasteiger partial charge on any atom is 0.342 e. The van der Waals surface area contributed by atoms with E-state index in [0.717, 1.165) is 31.4 Å². The highest BCUT2D eigenvalue weighted by molar-refractivity contribution is 7.89. The Morgan fingerprint density at radius 2 is 1.87 bits per heavy atom. The van der Waals surface area contributed by atoms with Crippen LogP contribution in [0.4, 0.5) is 0 Å². The lowest BCUT2D eigenvalue weighted by Gasteiger charge is -2.34. The van der Waals surface area contributed by atoms with Crippen LogP contribution in [0.1, 0.15) is 57.3 Å². The molecule has 0 aromatic heterocycles. The predicted octanol–water partition coefficient (Wildman–Crippen LogP) is 2.52. The lowest BCUT2D eigenvalue weighted by molar-refractivity contribution is -0.125. The number of benzene rings is 1. The van der Waals surface area contributed by atoms with Crippen LogP contribution in [-0.2, 0) is 19.6 Å². The maximum atomic E-state index is 12.7. The van der Waals surface area contributed by atoms with Crippen LogP contribution in [0.15, 0.2) is 23.1 Å². The van der Waals surface area contributed by atoms with E-state index in [1.54, 1.807) is 13.8 Å². The smallest absolute Gasteiger partial charge is 0.342 e. The number of carbonyl (C=O) groups excluding carboxylic acids is 2. The summed E-state index contributed by atoms with van der Waals surface area (Å²) in [4.78, 5) is 24.5. The molecular weight excluding hydrogens is 408 g/mol. The number of sulfonamides is 1. The minimum atomic E-state index is -3.80. The number of amides is 1. The summed E-state index contributed by atoms with van der Waals surface area (Å²) >= 11 is 0. The number of phenolic OH excluding ortho intramolecular Hbond substituents is 1. The number of rotatable bonds is 8. The molecule has 1 aliphatic carbocycles. The third kappa shape index (κ3) is 5.51. The van der Waals surface area contributed by atoms with Crippen LogP contribution < -0.4 is 5.32 Å². The summed E-state index contributed by atoms with van der Waals surface area (Å²) in [7, 11) is -3.80. The van der Waals surface area contributed by atoms with Crippen LogP contribution in [0.25, 0.3) is 0 Å². The van der Waals surface area contributed by atoms with Crippen molar-refractivity contribution < 1.29 is 27.9 Å². The predicted molar refractivity (Wildman–Crippen MR) is 113 cm³/mol. The van der Waals surface area contributed by atoms with E-state index in [9.17, 15) is 23.1 Å². The molecule has 0 saturated heterocycles. The lowest BCUT2D eigenvalue weighted by atomic mass is 9.78. The third-order valence-corrected chi connectivity index (χ3v) is 7.96. The Morgan fingerprint density at radius 1 is 1.20 bits per heavy atom. The molecule has 1 aromatic carbocycles. The Bertz CT molecular complexity index is 866. The van der Waals surface area contributed by atoms with Gasteiger partial charge in [-0.2, -0.15) is 4.31 Å². The first-order valence-corrected chi connectivity index (χ1v) is 11.8. The van der Waals surface area contributed by atoms with Gasteiger partial charge in [0.2, 0.25) is 10.0 Å². The third-order valence-electron chi connectivity index (χ3n) is 5.92. The van der Waals surface area contributed by atoms with Crippen LogP contribution in [0, 0.1) is 11.8 Å². The molecule has 1 aromatic rings. The highest BCUT2D eigenvalue weighted by Gasteiger charge is 2.29. The van der Waals surface area contributed by atoms with Crippen molar-refractivity contribution in [3.05, 3.63) is 23.8 Å². The molecule has 9 heteroatoms. The van der Waals surface area contributed by atoms with Gasteiger partial charge in [0.05, 0.1) is 4.90 Å². The number of esters is 1. The van der Waals surface area contributed by atoms with Crippen molar-refractivity contribution in [1.29, 1.82) is 0 Å². The van der Waals surface area contributed by atoms with Crippen LogP contribution in [-0.4, -0.2) is 55.4 Å². The Balaban J connectivity index is 2.05. The zero-order valence-electron chi connectivity index (χ0n) is 18.1. The molecular formula is C21H32N2O6S. The molecule has 0 heterocycles. The average Bonchev–Trinajstić information content (AvgIpc) is 2.70. The van der Waals surface area contributed by atoms with Gasteiger partial charge < -0.3 is 15.2 Å². The highest BCUT2D eigenvalue weighted by atomic mass is 32.2. The quantitative estimate of drug-likeness (QED) is 0.601. The van der Waals surface area contributed by atoms with Crippen molar-refractivity contribution in [2.45, 2.75) is 57.9 Å². The van der Waals surface area contributed by atoms with E-state index < -0.39 is 34.3 Å². The van der Waals surface area contributed by atoms with Gasteiger partial charge in [0.1, 0.15) is 11.3 Å². The summed E-state index contributed by atoms with van der Waals surface area (Å²) < 4.78 is 31.6. The number of carbonyl (C=O) groups is 2. The van der Waals surface area contributed by atoms with Gasteiger partial charge >= 0.3 is 5.97 Å². The molecule has 0 aliphatic heterocycles. The molecule has 1 saturated carbocycles. The Morgan fingerprint density at radius 3 is 2.50 bits per heavy atom. The monoisotopic (exact) mass is 440 g/mol. The van der Waals surface area contributed by atoms with Crippen molar-refractivity contribution >= 4 is 21.9 Å². The van der Waals surface area contributed by atoms with Crippen molar-refractivity contribution in [3.8, 4) is 5.75 Å². The van der Waals surface area contributed by atoms with Crippen molar-refractivity contribution in [2.24, 2.45) is 11.8 Å². The summed E-state index contributed by atoms with van der Waals surface area (Å²) in [5.74, 6) is -0.929. The molecule has 1 aliphatic rings. The summed E-state index contributed by atoms with van der Waals surface area (Å²) in [5, 5.41) is 12.9. The fraction of sp³-hybridized carbons (Fsp3) is 0.619. The van der Waals surface area contributed by atoms with Gasteiger partial charge in [-0.3, -0.25) is 4.79 Å².